The van der Waals surface area contributed by atoms with Crippen molar-refractivity contribution in [3.63, 3.8) is 0 Å². The highest BCUT2D eigenvalue weighted by molar-refractivity contribution is 6.31. The molecular formula is C23H25ClN2O7. The van der Waals surface area contributed by atoms with Gasteiger partial charge in [0.25, 0.3) is 0 Å². The van der Waals surface area contributed by atoms with Gasteiger partial charge in [-0.2, -0.15) is 0 Å². The Hall–Kier alpha value is -2.56. The number of aliphatic hydroxyl groups is 4. The van der Waals surface area contributed by atoms with Gasteiger partial charge in [0, 0.05) is 28.1 Å². The summed E-state index contributed by atoms with van der Waals surface area (Å²) in [6.07, 6.45) is 0.205. The number of rotatable bonds is 3. The monoisotopic (exact) mass is 476 g/mol. The molecule has 4 rings (SSSR count). The van der Waals surface area contributed by atoms with E-state index in [1.165, 1.54) is 0 Å². The number of halogens is 1. The zero-order valence-electron chi connectivity index (χ0n) is 17.8. The van der Waals surface area contributed by atoms with E-state index in [4.69, 9.17) is 23.1 Å². The first-order valence-electron chi connectivity index (χ1n) is 10.5. The Morgan fingerprint density at radius 2 is 2.00 bits per heavy atom. The highest BCUT2D eigenvalue weighted by atomic mass is 35.5. The van der Waals surface area contributed by atoms with Crippen LogP contribution in [0.1, 0.15) is 33.5 Å². The quantitative estimate of drug-likeness (QED) is 0.325. The van der Waals surface area contributed by atoms with Gasteiger partial charge >= 0.3 is 0 Å². The Bertz CT molecular complexity index is 1140. The van der Waals surface area contributed by atoms with Crippen LogP contribution in [0.4, 0.5) is 0 Å². The third-order valence-corrected chi connectivity index (χ3v) is 7.44. The molecule has 10 heteroatoms. The van der Waals surface area contributed by atoms with Gasteiger partial charge in [-0.25, -0.2) is 0 Å². The van der Waals surface area contributed by atoms with Gasteiger partial charge in [0.1, 0.15) is 11.7 Å². The molecule has 1 aromatic rings. The van der Waals surface area contributed by atoms with Crippen molar-refractivity contribution in [1.82, 2.24) is 0 Å². The van der Waals surface area contributed by atoms with Crippen molar-refractivity contribution in [2.45, 2.75) is 37.5 Å². The van der Waals surface area contributed by atoms with Crippen molar-refractivity contribution < 1.29 is 34.8 Å². The molecule has 1 saturated carbocycles. The number of nitrogens with two attached hydrogens (primary N) is 2. The molecular weight excluding hydrogens is 452 g/mol. The molecule has 0 aromatic heterocycles. The Balaban J connectivity index is 1.91. The van der Waals surface area contributed by atoms with Crippen LogP contribution in [0.15, 0.2) is 28.5 Å². The predicted octanol–water partition coefficient (Wildman–Crippen LogP) is -0.142. The van der Waals surface area contributed by atoms with E-state index in [9.17, 15) is 34.8 Å². The Kier molecular flexibility index (Phi) is 5.74. The number of fused-ring (bicyclic) bond motifs is 3. The van der Waals surface area contributed by atoms with E-state index < -0.39 is 58.7 Å². The molecule has 176 valence electrons. The summed E-state index contributed by atoms with van der Waals surface area (Å²) >= 11 is 6.00. The number of benzene rings is 1. The van der Waals surface area contributed by atoms with Crippen LogP contribution in [-0.4, -0.2) is 62.3 Å². The van der Waals surface area contributed by atoms with Crippen molar-refractivity contribution in [3.05, 3.63) is 50.8 Å². The second-order valence-electron chi connectivity index (χ2n) is 8.99. The van der Waals surface area contributed by atoms with E-state index in [1.54, 1.807) is 25.1 Å². The lowest BCUT2D eigenvalue weighted by atomic mass is 9.56. The fraction of sp³-hybridized carbons (Fsp3) is 0.435. The van der Waals surface area contributed by atoms with Crippen LogP contribution in [0.3, 0.4) is 0 Å². The van der Waals surface area contributed by atoms with Crippen molar-refractivity contribution in [1.29, 1.82) is 0 Å². The minimum atomic E-state index is -2.61. The number of carbonyl (C=O) groups is 3. The Morgan fingerprint density at radius 1 is 1.33 bits per heavy atom. The summed E-state index contributed by atoms with van der Waals surface area (Å²) in [5.41, 5.74) is 10.9. The van der Waals surface area contributed by atoms with Crippen LogP contribution in [0.5, 0.6) is 0 Å². The first-order valence-corrected chi connectivity index (χ1v) is 10.9. The van der Waals surface area contributed by atoms with E-state index in [0.717, 1.165) is 0 Å². The molecule has 3 aliphatic rings. The summed E-state index contributed by atoms with van der Waals surface area (Å²) in [5, 5.41) is 42.4. The van der Waals surface area contributed by atoms with Crippen LogP contribution < -0.4 is 11.5 Å². The zero-order valence-corrected chi connectivity index (χ0v) is 18.5. The number of hydrogen-bond donors (Lipinski definition) is 6. The molecule has 0 bridgehead atoms. The maximum absolute atomic E-state index is 13.6. The van der Waals surface area contributed by atoms with Gasteiger partial charge in [0.05, 0.1) is 12.7 Å². The molecule has 3 aliphatic carbocycles. The molecule has 4 unspecified atom stereocenters. The van der Waals surface area contributed by atoms with Gasteiger partial charge in [-0.1, -0.05) is 23.7 Å². The maximum Gasteiger partial charge on any atom is 0.230 e. The SMILES string of the molecule is Cc1ccc(/C=C(\Cl)CO)c2c1C(=O)C1=C(O)[C@]3(O)C(=O)C(C(N)=O)C(O)[C@@H](N)C3CC1C2. The second-order valence-corrected chi connectivity index (χ2v) is 9.47. The summed E-state index contributed by atoms with van der Waals surface area (Å²) in [6, 6.07) is 2.22. The first-order chi connectivity index (χ1) is 15.4. The molecule has 8 N–H and O–H groups in total. The summed E-state index contributed by atoms with van der Waals surface area (Å²) in [5.74, 6) is -7.29. The summed E-state index contributed by atoms with van der Waals surface area (Å²) in [6.45, 7) is 1.34. The summed E-state index contributed by atoms with van der Waals surface area (Å²) < 4.78 is 0. The minimum Gasteiger partial charge on any atom is -0.508 e. The molecule has 0 radical (unpaired) electrons. The highest BCUT2D eigenvalue weighted by Crippen LogP contribution is 2.51. The molecule has 1 aromatic carbocycles. The topological polar surface area (TPSA) is 184 Å². The fourth-order valence-electron chi connectivity index (χ4n) is 5.58. The van der Waals surface area contributed by atoms with Gasteiger partial charge in [-0.15, -0.1) is 0 Å². The van der Waals surface area contributed by atoms with Gasteiger partial charge in [-0.05, 0) is 48.4 Å². The van der Waals surface area contributed by atoms with Crippen LogP contribution in [0, 0.1) is 24.7 Å². The normalized spacial score (nSPS) is 34.0. The maximum atomic E-state index is 13.6. The van der Waals surface area contributed by atoms with E-state index in [2.05, 4.69) is 0 Å². The minimum absolute atomic E-state index is 0.0152. The molecule has 0 spiro atoms. The molecule has 33 heavy (non-hydrogen) atoms. The first kappa shape index (κ1) is 23.6. The smallest absolute Gasteiger partial charge is 0.230 e. The molecule has 0 saturated heterocycles. The van der Waals surface area contributed by atoms with Crippen LogP contribution in [0.25, 0.3) is 6.08 Å². The predicted molar refractivity (Wildman–Crippen MR) is 118 cm³/mol. The van der Waals surface area contributed by atoms with E-state index in [1.807, 2.05) is 0 Å². The second kappa shape index (κ2) is 8.03. The van der Waals surface area contributed by atoms with Gasteiger partial charge in [0.15, 0.2) is 17.2 Å². The number of Topliss-reactive ketones (excluding diaryl/α,β-unsaturated/α-hetero) is 2. The molecule has 0 aliphatic heterocycles. The van der Waals surface area contributed by atoms with Gasteiger partial charge in [-0.3, -0.25) is 14.4 Å². The number of primary amides is 1. The molecule has 6 atom stereocenters. The van der Waals surface area contributed by atoms with E-state index in [0.29, 0.717) is 22.3 Å². The number of aryl methyl sites for hydroxylation is 1. The number of allylic oxidation sites excluding steroid dienone is 1. The lowest BCUT2D eigenvalue weighted by Crippen LogP contribution is -2.70. The van der Waals surface area contributed by atoms with Crippen molar-refractivity contribution in [2.75, 3.05) is 6.61 Å². The van der Waals surface area contributed by atoms with Crippen molar-refractivity contribution in [2.24, 2.45) is 29.2 Å². The standard InChI is InChI=1S/C23H25ClN2O7/c1-8-2-3-9(4-11(24)7-27)12-5-10-6-13-17(25)19(29)16(22(26)32)21(31)23(13,33)20(30)15(10)18(28)14(8)12/h2-4,10,13,16-17,19,27,29-30,33H,5-7,25H2,1H3,(H2,26,32)/b11-4-/t10?,13?,16?,17-,19?,23-/m0/s1. The average Bonchev–Trinajstić information content (AvgIpc) is 2.75. The van der Waals surface area contributed by atoms with Crippen LogP contribution in [0.2, 0.25) is 0 Å². The zero-order chi connectivity index (χ0) is 24.4. The summed E-state index contributed by atoms with van der Waals surface area (Å²) in [4.78, 5) is 38.5. The highest BCUT2D eigenvalue weighted by Gasteiger charge is 2.64. The molecule has 1 amide bonds. The van der Waals surface area contributed by atoms with Crippen molar-refractivity contribution >= 4 is 35.2 Å². The molecule has 0 heterocycles. The lowest BCUT2D eigenvalue weighted by Gasteiger charge is -2.51. The number of ketones is 2. The van der Waals surface area contributed by atoms with Gasteiger partial charge < -0.3 is 31.9 Å². The van der Waals surface area contributed by atoms with E-state index in [-0.39, 0.29) is 30.1 Å². The van der Waals surface area contributed by atoms with Crippen LogP contribution >= 0.6 is 11.6 Å². The van der Waals surface area contributed by atoms with Gasteiger partial charge in [0.2, 0.25) is 5.91 Å². The average molecular weight is 477 g/mol. The number of hydrogen-bond acceptors (Lipinski definition) is 8. The third-order valence-electron chi connectivity index (χ3n) is 7.21. The van der Waals surface area contributed by atoms with Crippen molar-refractivity contribution in [3.8, 4) is 0 Å². The van der Waals surface area contributed by atoms with Crippen LogP contribution in [-0.2, 0) is 16.0 Å². The largest absolute Gasteiger partial charge is 0.508 e. The number of carbonyl (C=O) groups excluding carboxylic acids is 3. The molecule has 9 nitrogen and oxygen atoms in total. The Morgan fingerprint density at radius 3 is 2.61 bits per heavy atom. The lowest BCUT2D eigenvalue weighted by molar-refractivity contribution is -0.170. The Labute approximate surface area is 194 Å². The summed E-state index contributed by atoms with van der Waals surface area (Å²) in [7, 11) is 0. The van der Waals surface area contributed by atoms with E-state index >= 15 is 0 Å². The fourth-order valence-corrected chi connectivity index (χ4v) is 5.70. The number of amides is 1. The number of aliphatic hydroxyl groups excluding tert-OH is 3. The third kappa shape index (κ3) is 3.26. The molecule has 1 fully saturated rings.